The van der Waals surface area contributed by atoms with Crippen LogP contribution in [0.5, 0.6) is 0 Å². The number of rotatable bonds is 10. The lowest BCUT2D eigenvalue weighted by molar-refractivity contribution is 0.0424. The van der Waals surface area contributed by atoms with Gasteiger partial charge in [0.05, 0.1) is 6.07 Å². The third-order valence-corrected chi connectivity index (χ3v) is 2.71. The second kappa shape index (κ2) is 11.3. The summed E-state index contributed by atoms with van der Waals surface area (Å²) in [6, 6.07) is 2.08. The first-order valence-electron chi connectivity index (χ1n) is 6.47. The molecule has 0 aromatic rings. The molecule has 1 N–H and O–H groups in total. The number of carboxylic acid groups (broad SMARTS) is 1. The van der Waals surface area contributed by atoms with E-state index in [4.69, 9.17) is 15.1 Å². The van der Waals surface area contributed by atoms with Gasteiger partial charge in [-0.2, -0.15) is 5.26 Å². The number of hydrogen-bond acceptors (Lipinski definition) is 3. The van der Waals surface area contributed by atoms with E-state index in [1.165, 1.54) is 12.8 Å². The van der Waals surface area contributed by atoms with Crippen molar-refractivity contribution >= 4 is 6.16 Å². The molecule has 0 rings (SSSR count). The Labute approximate surface area is 104 Å². The highest BCUT2D eigenvalue weighted by molar-refractivity contribution is 5.57. The third kappa shape index (κ3) is 11.0. The van der Waals surface area contributed by atoms with Crippen molar-refractivity contribution in [1.82, 2.24) is 0 Å². The lowest BCUT2D eigenvalue weighted by atomic mass is 10.0. The van der Waals surface area contributed by atoms with Crippen molar-refractivity contribution in [2.75, 3.05) is 0 Å². The van der Waals surface area contributed by atoms with Crippen LogP contribution in [0.15, 0.2) is 0 Å². The van der Waals surface area contributed by atoms with E-state index >= 15 is 0 Å². The first kappa shape index (κ1) is 15.8. The van der Waals surface area contributed by atoms with Gasteiger partial charge in [-0.05, 0) is 32.1 Å². The van der Waals surface area contributed by atoms with E-state index in [9.17, 15) is 4.79 Å². The Hall–Kier alpha value is -1.24. The quantitative estimate of drug-likeness (QED) is 0.461. The smallest absolute Gasteiger partial charge is 0.450 e. The van der Waals surface area contributed by atoms with Gasteiger partial charge in [0, 0.05) is 6.42 Å². The maximum Gasteiger partial charge on any atom is 0.506 e. The molecule has 0 radical (unpaired) electrons. The molecular weight excluding hydrogens is 218 g/mol. The molecule has 4 heteroatoms. The molecule has 0 saturated heterocycles. The summed E-state index contributed by atoms with van der Waals surface area (Å²) in [5.74, 6) is 0. The molecule has 98 valence electrons. The summed E-state index contributed by atoms with van der Waals surface area (Å²) in [5, 5.41) is 17.0. The summed E-state index contributed by atoms with van der Waals surface area (Å²) in [4.78, 5) is 10.5. The minimum Gasteiger partial charge on any atom is -0.450 e. The van der Waals surface area contributed by atoms with Gasteiger partial charge in [-0.1, -0.05) is 26.2 Å². The van der Waals surface area contributed by atoms with E-state index in [-0.39, 0.29) is 6.10 Å². The van der Waals surface area contributed by atoms with E-state index < -0.39 is 6.16 Å². The van der Waals surface area contributed by atoms with Crippen molar-refractivity contribution in [3.8, 4) is 6.07 Å². The SMILES string of the molecule is CCCCCCC(CCCCC#N)OC(=O)O. The molecule has 0 aliphatic carbocycles. The predicted octanol–water partition coefficient (Wildman–Crippen LogP) is 4.10. The van der Waals surface area contributed by atoms with Crippen LogP contribution in [0.2, 0.25) is 0 Å². The second-order valence-electron chi connectivity index (χ2n) is 4.26. The molecule has 0 saturated carbocycles. The van der Waals surface area contributed by atoms with Gasteiger partial charge in [0.2, 0.25) is 0 Å². The van der Waals surface area contributed by atoms with E-state index in [1.54, 1.807) is 0 Å². The van der Waals surface area contributed by atoms with E-state index in [0.717, 1.165) is 38.5 Å². The molecule has 0 amide bonds. The Morgan fingerprint density at radius 3 is 2.41 bits per heavy atom. The fraction of sp³-hybridized carbons (Fsp3) is 0.846. The zero-order chi connectivity index (χ0) is 12.9. The van der Waals surface area contributed by atoms with Crippen molar-refractivity contribution in [3.05, 3.63) is 0 Å². The molecule has 0 aromatic carbocycles. The summed E-state index contributed by atoms with van der Waals surface area (Å²) in [7, 11) is 0. The normalized spacial score (nSPS) is 11.8. The monoisotopic (exact) mass is 241 g/mol. The molecule has 17 heavy (non-hydrogen) atoms. The van der Waals surface area contributed by atoms with Gasteiger partial charge >= 0.3 is 6.16 Å². The number of nitrogens with zero attached hydrogens (tertiary/aromatic N) is 1. The summed E-state index contributed by atoms with van der Waals surface area (Å²) in [6.07, 6.45) is 6.89. The molecule has 4 nitrogen and oxygen atoms in total. The van der Waals surface area contributed by atoms with Gasteiger partial charge in [-0.3, -0.25) is 0 Å². The molecule has 0 bridgehead atoms. The van der Waals surface area contributed by atoms with Gasteiger partial charge < -0.3 is 9.84 Å². The number of nitriles is 1. The van der Waals surface area contributed by atoms with Crippen molar-refractivity contribution in [3.63, 3.8) is 0 Å². The zero-order valence-electron chi connectivity index (χ0n) is 10.7. The largest absolute Gasteiger partial charge is 0.506 e. The Morgan fingerprint density at radius 1 is 1.24 bits per heavy atom. The van der Waals surface area contributed by atoms with Crippen LogP contribution < -0.4 is 0 Å². The van der Waals surface area contributed by atoms with Crippen LogP contribution in [0.25, 0.3) is 0 Å². The highest BCUT2D eigenvalue weighted by atomic mass is 16.7. The van der Waals surface area contributed by atoms with Crippen molar-refractivity contribution in [2.45, 2.75) is 70.8 Å². The number of hydrogen-bond donors (Lipinski definition) is 1. The van der Waals surface area contributed by atoms with Gasteiger partial charge in [0.15, 0.2) is 0 Å². The Kier molecular flexibility index (Phi) is 10.4. The highest BCUT2D eigenvalue weighted by Crippen LogP contribution is 2.14. The van der Waals surface area contributed by atoms with Gasteiger partial charge in [0.25, 0.3) is 0 Å². The van der Waals surface area contributed by atoms with E-state index in [2.05, 4.69) is 13.0 Å². The summed E-state index contributed by atoms with van der Waals surface area (Å²) in [5.41, 5.74) is 0. The van der Waals surface area contributed by atoms with Crippen LogP contribution in [-0.4, -0.2) is 17.4 Å². The van der Waals surface area contributed by atoms with E-state index in [0.29, 0.717) is 6.42 Å². The van der Waals surface area contributed by atoms with Gasteiger partial charge in [-0.15, -0.1) is 0 Å². The first-order chi connectivity index (χ1) is 8.20. The fourth-order valence-corrected chi connectivity index (χ4v) is 1.78. The van der Waals surface area contributed by atoms with Crippen LogP contribution in [0, 0.1) is 11.3 Å². The topological polar surface area (TPSA) is 70.3 Å². The highest BCUT2D eigenvalue weighted by Gasteiger charge is 2.12. The molecule has 0 spiro atoms. The Balaban J connectivity index is 3.72. The number of ether oxygens (including phenoxy) is 1. The summed E-state index contributed by atoms with van der Waals surface area (Å²) < 4.78 is 4.84. The molecule has 0 aromatic heterocycles. The zero-order valence-corrected chi connectivity index (χ0v) is 10.7. The number of carbonyl (C=O) groups is 1. The van der Waals surface area contributed by atoms with Crippen LogP contribution in [0.1, 0.15) is 64.7 Å². The van der Waals surface area contributed by atoms with Gasteiger partial charge in [0.1, 0.15) is 6.10 Å². The predicted molar refractivity (Wildman–Crippen MR) is 65.7 cm³/mol. The Bertz CT molecular complexity index is 235. The molecule has 0 heterocycles. The van der Waals surface area contributed by atoms with Crippen LogP contribution >= 0.6 is 0 Å². The fourth-order valence-electron chi connectivity index (χ4n) is 1.78. The van der Waals surface area contributed by atoms with Crippen LogP contribution in [0.3, 0.4) is 0 Å². The average molecular weight is 241 g/mol. The maximum atomic E-state index is 10.5. The minimum absolute atomic E-state index is 0.192. The third-order valence-electron chi connectivity index (χ3n) is 2.71. The summed E-state index contributed by atoms with van der Waals surface area (Å²) in [6.45, 7) is 2.15. The molecule has 0 aliphatic rings. The standard InChI is InChI=1S/C13H23NO3/c1-2-3-4-6-9-12(17-13(15)16)10-7-5-8-11-14/h12H,2-10H2,1H3,(H,15,16). The second-order valence-corrected chi connectivity index (χ2v) is 4.26. The number of unbranched alkanes of at least 4 members (excludes halogenated alkanes) is 5. The average Bonchev–Trinajstić information content (AvgIpc) is 2.29. The molecular formula is C13H23NO3. The first-order valence-corrected chi connectivity index (χ1v) is 6.47. The molecule has 1 unspecified atom stereocenters. The molecule has 1 atom stereocenters. The van der Waals surface area contributed by atoms with Crippen molar-refractivity contribution in [2.24, 2.45) is 0 Å². The Morgan fingerprint density at radius 2 is 1.88 bits per heavy atom. The summed E-state index contributed by atoms with van der Waals surface area (Å²) >= 11 is 0. The lowest BCUT2D eigenvalue weighted by Crippen LogP contribution is -2.16. The van der Waals surface area contributed by atoms with Crippen molar-refractivity contribution < 1.29 is 14.6 Å². The van der Waals surface area contributed by atoms with Gasteiger partial charge in [-0.25, -0.2) is 4.79 Å². The lowest BCUT2D eigenvalue weighted by Gasteiger charge is -2.15. The van der Waals surface area contributed by atoms with E-state index in [1.807, 2.05) is 0 Å². The maximum absolute atomic E-state index is 10.5. The van der Waals surface area contributed by atoms with Crippen LogP contribution in [0.4, 0.5) is 4.79 Å². The molecule has 0 fully saturated rings. The van der Waals surface area contributed by atoms with Crippen LogP contribution in [-0.2, 0) is 4.74 Å². The minimum atomic E-state index is -1.19. The van der Waals surface area contributed by atoms with Crippen molar-refractivity contribution in [1.29, 1.82) is 5.26 Å². The molecule has 0 aliphatic heterocycles.